The van der Waals surface area contributed by atoms with E-state index in [4.69, 9.17) is 9.47 Å². The summed E-state index contributed by atoms with van der Waals surface area (Å²) in [5.41, 5.74) is 1.68. The highest BCUT2D eigenvalue weighted by Gasteiger charge is 2.45. The number of carbonyl (C=O) groups is 1. The molecule has 29 heavy (non-hydrogen) atoms. The number of aliphatic carboxylic acids is 1. The average molecular weight is 430 g/mol. The van der Waals surface area contributed by atoms with Gasteiger partial charge >= 0.3 is 10.8 Å². The van der Waals surface area contributed by atoms with Crippen molar-refractivity contribution < 1.29 is 19.4 Å². The number of H-pyrrole nitrogens is 1. The second kappa shape index (κ2) is 7.96. The molecule has 1 aliphatic rings. The zero-order valence-corrected chi connectivity index (χ0v) is 17.4. The third-order valence-corrected chi connectivity index (χ3v) is 7.51. The third-order valence-electron chi connectivity index (χ3n) is 5.03. The van der Waals surface area contributed by atoms with Crippen LogP contribution in [0.25, 0.3) is 0 Å². The fourth-order valence-corrected chi connectivity index (χ4v) is 6.35. The molecule has 0 unspecified atom stereocenters. The molecular weight excluding hydrogens is 410 g/mol. The molecule has 1 aromatic heterocycles. The average Bonchev–Trinajstić information content (AvgIpc) is 3.12. The number of hydrogen-bond acceptors (Lipinski definition) is 6. The molecule has 3 aromatic rings. The molecule has 6 nitrogen and oxygen atoms in total. The number of nitrogens with one attached hydrogen (secondary N) is 1. The molecular formula is C21H19NO5S2. The Morgan fingerprint density at radius 2 is 1.76 bits per heavy atom. The van der Waals surface area contributed by atoms with Gasteiger partial charge in [-0.3, -0.25) is 9.59 Å². The molecule has 0 aliphatic carbocycles. The molecule has 2 heterocycles. The van der Waals surface area contributed by atoms with Crippen molar-refractivity contribution in [2.24, 2.45) is 5.92 Å². The normalized spacial score (nSPS) is 20.7. The first-order chi connectivity index (χ1) is 14.0. The van der Waals surface area contributed by atoms with Gasteiger partial charge in [0, 0.05) is 10.8 Å². The van der Waals surface area contributed by atoms with Gasteiger partial charge in [-0.1, -0.05) is 59.5 Å². The molecule has 3 atom stereocenters. The van der Waals surface area contributed by atoms with E-state index in [1.165, 1.54) is 11.8 Å². The monoisotopic (exact) mass is 429 g/mol. The smallest absolute Gasteiger partial charge is 0.308 e. The first kappa shape index (κ1) is 19.6. The summed E-state index contributed by atoms with van der Waals surface area (Å²) in [7, 11) is 3.09. The molecule has 0 saturated heterocycles. The number of aromatic amines is 1. The number of fused-ring (bicyclic) bond motifs is 1. The van der Waals surface area contributed by atoms with Gasteiger partial charge in [-0.2, -0.15) is 0 Å². The summed E-state index contributed by atoms with van der Waals surface area (Å²) in [6, 6.07) is 14.9. The lowest BCUT2D eigenvalue weighted by Crippen LogP contribution is -2.30. The Kier molecular flexibility index (Phi) is 5.38. The molecule has 0 amide bonds. The van der Waals surface area contributed by atoms with Crippen molar-refractivity contribution in [1.82, 2.24) is 4.98 Å². The highest BCUT2D eigenvalue weighted by Crippen LogP contribution is 2.56. The quantitative estimate of drug-likeness (QED) is 0.634. The molecule has 0 saturated carbocycles. The zero-order valence-electron chi connectivity index (χ0n) is 15.7. The van der Waals surface area contributed by atoms with Crippen LogP contribution in [0.3, 0.4) is 0 Å². The van der Waals surface area contributed by atoms with Crippen molar-refractivity contribution in [2.75, 3.05) is 14.2 Å². The highest BCUT2D eigenvalue weighted by atomic mass is 32.2. The molecule has 8 heteroatoms. The number of carboxylic acids is 1. The van der Waals surface area contributed by atoms with Crippen LogP contribution in [0, 0.1) is 5.92 Å². The van der Waals surface area contributed by atoms with Crippen LogP contribution in [0.4, 0.5) is 0 Å². The molecule has 0 fully saturated rings. The summed E-state index contributed by atoms with van der Waals surface area (Å²) in [4.78, 5) is 28.0. The Balaban J connectivity index is 1.91. The van der Waals surface area contributed by atoms with Gasteiger partial charge in [-0.25, -0.2) is 0 Å². The van der Waals surface area contributed by atoms with Gasteiger partial charge in [0.05, 0.1) is 30.4 Å². The largest absolute Gasteiger partial charge is 0.493 e. The van der Waals surface area contributed by atoms with Crippen molar-refractivity contribution >= 4 is 29.1 Å². The lowest BCUT2D eigenvalue weighted by atomic mass is 9.80. The predicted molar refractivity (Wildman–Crippen MR) is 112 cm³/mol. The standard InChI is InChI=1S/C21H19NO5S2/c1-26-13-9-8-12(10-14(13)27-2)15-16(20(23)24)17(11-6-4-3-5-7-11)28-19-18(15)29-21(25)22-19/h3-10,15-17H,1-2H3,(H,22,25)(H,23,24)/t15-,16-,17+/m1/s1. The Labute approximate surface area is 175 Å². The summed E-state index contributed by atoms with van der Waals surface area (Å²) < 4.78 is 10.7. The molecule has 1 aliphatic heterocycles. The molecule has 4 rings (SSSR count). The van der Waals surface area contributed by atoms with Crippen LogP contribution < -0.4 is 14.3 Å². The first-order valence-electron chi connectivity index (χ1n) is 8.92. The maximum absolute atomic E-state index is 12.5. The zero-order chi connectivity index (χ0) is 20.5. The number of methoxy groups -OCH3 is 2. The lowest BCUT2D eigenvalue weighted by molar-refractivity contribution is -0.142. The maximum Gasteiger partial charge on any atom is 0.308 e. The van der Waals surface area contributed by atoms with Crippen molar-refractivity contribution in [2.45, 2.75) is 16.2 Å². The SMILES string of the molecule is COc1ccc([C@H]2c3sc(=O)[nH]c3S[C@@H](c3ccccc3)[C@@H]2C(=O)O)cc1OC. The maximum atomic E-state index is 12.5. The van der Waals surface area contributed by atoms with Gasteiger partial charge in [-0.15, -0.1) is 0 Å². The summed E-state index contributed by atoms with van der Waals surface area (Å²) >= 11 is 2.47. The van der Waals surface area contributed by atoms with Gasteiger partial charge in [0.2, 0.25) is 0 Å². The van der Waals surface area contributed by atoms with E-state index < -0.39 is 17.8 Å². The second-order valence-corrected chi connectivity index (χ2v) is 8.78. The fourth-order valence-electron chi connectivity index (χ4n) is 3.75. The molecule has 0 bridgehead atoms. The van der Waals surface area contributed by atoms with Crippen LogP contribution in [-0.2, 0) is 4.79 Å². The minimum Gasteiger partial charge on any atom is -0.493 e. The molecule has 150 valence electrons. The summed E-state index contributed by atoms with van der Waals surface area (Å²) in [6.07, 6.45) is 0. The number of benzene rings is 2. The van der Waals surface area contributed by atoms with Gasteiger partial charge in [0.25, 0.3) is 0 Å². The van der Waals surface area contributed by atoms with Gasteiger partial charge in [0.1, 0.15) is 0 Å². The molecule has 2 N–H and O–H groups in total. The highest BCUT2D eigenvalue weighted by molar-refractivity contribution is 7.99. The van der Waals surface area contributed by atoms with Gasteiger partial charge in [-0.05, 0) is 23.3 Å². The molecule has 2 aromatic carbocycles. The molecule has 0 spiro atoms. The van der Waals surface area contributed by atoms with Crippen LogP contribution in [0.1, 0.15) is 27.2 Å². The lowest BCUT2D eigenvalue weighted by Gasteiger charge is -2.35. The van der Waals surface area contributed by atoms with Gasteiger partial charge < -0.3 is 19.6 Å². The minimum atomic E-state index is -0.905. The Hall–Kier alpha value is -2.71. The van der Waals surface area contributed by atoms with Crippen LogP contribution >= 0.6 is 23.1 Å². The molecule has 0 radical (unpaired) electrons. The Bertz CT molecular complexity index is 1090. The first-order valence-corrected chi connectivity index (χ1v) is 10.6. The van der Waals surface area contributed by atoms with Gasteiger partial charge in [0.15, 0.2) is 11.5 Å². The third kappa shape index (κ3) is 3.54. The number of rotatable bonds is 5. The number of aromatic nitrogens is 1. The topological polar surface area (TPSA) is 88.6 Å². The number of hydrogen-bond donors (Lipinski definition) is 2. The summed E-state index contributed by atoms with van der Waals surface area (Å²) in [6.45, 7) is 0. The number of thioether (sulfide) groups is 1. The van der Waals surface area contributed by atoms with E-state index in [1.807, 2.05) is 36.4 Å². The van der Waals surface area contributed by atoms with Crippen molar-refractivity contribution in [3.05, 3.63) is 74.2 Å². The van der Waals surface area contributed by atoms with Crippen molar-refractivity contribution in [3.8, 4) is 11.5 Å². The Morgan fingerprint density at radius 1 is 1.03 bits per heavy atom. The van der Waals surface area contributed by atoms with E-state index >= 15 is 0 Å². The van der Waals surface area contributed by atoms with E-state index in [2.05, 4.69) is 4.98 Å². The van der Waals surface area contributed by atoms with E-state index in [-0.39, 0.29) is 10.1 Å². The van der Waals surface area contributed by atoms with Crippen molar-refractivity contribution in [1.29, 1.82) is 0 Å². The van der Waals surface area contributed by atoms with Crippen molar-refractivity contribution in [3.63, 3.8) is 0 Å². The van der Waals surface area contributed by atoms with Crippen LogP contribution in [0.15, 0.2) is 58.4 Å². The minimum absolute atomic E-state index is 0.189. The number of ether oxygens (including phenoxy) is 2. The van der Waals surface area contributed by atoms with E-state index in [0.29, 0.717) is 11.5 Å². The van der Waals surface area contributed by atoms with Crippen LogP contribution in [-0.4, -0.2) is 30.3 Å². The van der Waals surface area contributed by atoms with E-state index in [1.54, 1.807) is 26.4 Å². The fraction of sp³-hybridized carbons (Fsp3) is 0.238. The van der Waals surface area contributed by atoms with E-state index in [9.17, 15) is 14.7 Å². The van der Waals surface area contributed by atoms with Crippen LogP contribution in [0.2, 0.25) is 0 Å². The number of thiazole rings is 1. The second-order valence-electron chi connectivity index (χ2n) is 6.61. The number of carboxylic acid groups (broad SMARTS) is 1. The Morgan fingerprint density at radius 3 is 2.41 bits per heavy atom. The predicted octanol–water partition coefficient (Wildman–Crippen LogP) is 4.13. The van der Waals surface area contributed by atoms with Crippen LogP contribution in [0.5, 0.6) is 11.5 Å². The summed E-state index contributed by atoms with van der Waals surface area (Å²) in [5.74, 6) is -1.06. The summed E-state index contributed by atoms with van der Waals surface area (Å²) in [5, 5.41) is 10.6. The van der Waals surface area contributed by atoms with E-state index in [0.717, 1.165) is 32.4 Å².